The number of nitrogens with zero attached hydrogens (tertiary/aromatic N) is 1. The molecule has 2 aromatic carbocycles. The average Bonchev–Trinajstić information content (AvgIpc) is 2.65. The summed E-state index contributed by atoms with van der Waals surface area (Å²) in [6.07, 6.45) is 0. The third-order valence-corrected chi connectivity index (χ3v) is 5.39. The van der Waals surface area contributed by atoms with E-state index in [0.717, 1.165) is 14.7 Å². The van der Waals surface area contributed by atoms with Gasteiger partial charge >= 0.3 is 12.0 Å². The van der Waals surface area contributed by atoms with Crippen molar-refractivity contribution in [2.75, 3.05) is 7.05 Å². The number of esters is 1. The summed E-state index contributed by atoms with van der Waals surface area (Å²) in [7, 11) is 1.64. The average molecular weight is 462 g/mol. The van der Waals surface area contributed by atoms with Gasteiger partial charge in [0.25, 0.3) is 0 Å². The minimum absolute atomic E-state index is 0.187. The molecular formula is C20H19IN2O3. The van der Waals surface area contributed by atoms with Gasteiger partial charge in [-0.05, 0) is 46.7 Å². The molecule has 1 atom stereocenters. The van der Waals surface area contributed by atoms with Crippen molar-refractivity contribution in [3.8, 4) is 0 Å². The lowest BCUT2D eigenvalue weighted by Crippen LogP contribution is -2.46. The van der Waals surface area contributed by atoms with Crippen molar-refractivity contribution in [1.29, 1.82) is 0 Å². The highest BCUT2D eigenvalue weighted by Gasteiger charge is 2.35. The van der Waals surface area contributed by atoms with Gasteiger partial charge in [-0.2, -0.15) is 0 Å². The first-order valence-corrected chi connectivity index (χ1v) is 9.27. The largest absolute Gasteiger partial charge is 0.457 e. The van der Waals surface area contributed by atoms with Gasteiger partial charge in [-0.25, -0.2) is 9.59 Å². The van der Waals surface area contributed by atoms with Crippen LogP contribution < -0.4 is 5.32 Å². The highest BCUT2D eigenvalue weighted by atomic mass is 127. The fraction of sp³-hybridized carbons (Fsp3) is 0.200. The molecule has 0 saturated heterocycles. The molecular weight excluding hydrogens is 443 g/mol. The van der Waals surface area contributed by atoms with Crippen molar-refractivity contribution in [2.45, 2.75) is 19.6 Å². The van der Waals surface area contributed by atoms with E-state index in [1.54, 1.807) is 14.0 Å². The summed E-state index contributed by atoms with van der Waals surface area (Å²) in [6, 6.07) is 16.4. The van der Waals surface area contributed by atoms with Crippen molar-refractivity contribution in [3.05, 3.63) is 80.6 Å². The maximum absolute atomic E-state index is 12.9. The Labute approximate surface area is 166 Å². The summed E-state index contributed by atoms with van der Waals surface area (Å²) >= 11 is 2.21. The summed E-state index contributed by atoms with van der Waals surface area (Å²) in [5.74, 6) is -0.428. The predicted molar refractivity (Wildman–Crippen MR) is 107 cm³/mol. The van der Waals surface area contributed by atoms with Gasteiger partial charge in [-0.1, -0.05) is 48.5 Å². The van der Waals surface area contributed by atoms with Gasteiger partial charge in [0.2, 0.25) is 0 Å². The minimum atomic E-state index is -0.532. The van der Waals surface area contributed by atoms with Crippen molar-refractivity contribution in [2.24, 2.45) is 0 Å². The van der Waals surface area contributed by atoms with Crippen LogP contribution in [0.15, 0.2) is 65.9 Å². The molecule has 2 amide bonds. The molecule has 0 bridgehead atoms. The standard InChI is InChI=1S/C20H19IN2O3/c1-13-17(19(24)26-12-14-8-4-3-5-9-14)18(22-20(25)23(13)2)15-10-6-7-11-16(15)21/h3-11,18H,12H2,1-2H3,(H,22,25)/t18-/m1/s1. The Kier molecular flexibility index (Phi) is 5.61. The van der Waals surface area contributed by atoms with Gasteiger partial charge in [0.1, 0.15) is 6.61 Å². The first kappa shape index (κ1) is 18.4. The Morgan fingerprint density at radius 3 is 2.50 bits per heavy atom. The van der Waals surface area contributed by atoms with Crippen LogP contribution in [-0.2, 0) is 16.1 Å². The number of ether oxygens (including phenoxy) is 1. The number of allylic oxidation sites excluding steroid dienone is 1. The van der Waals surface area contributed by atoms with E-state index in [1.165, 1.54) is 4.90 Å². The first-order valence-electron chi connectivity index (χ1n) is 8.19. The van der Waals surface area contributed by atoms with Gasteiger partial charge in [0.05, 0.1) is 11.6 Å². The molecule has 1 aliphatic heterocycles. The Bertz CT molecular complexity index is 864. The zero-order valence-corrected chi connectivity index (χ0v) is 16.7. The number of carbonyl (C=O) groups is 2. The maximum Gasteiger partial charge on any atom is 0.338 e. The van der Waals surface area contributed by atoms with Gasteiger partial charge in [0, 0.05) is 16.3 Å². The highest BCUT2D eigenvalue weighted by molar-refractivity contribution is 14.1. The molecule has 0 aromatic heterocycles. The second kappa shape index (κ2) is 7.90. The van der Waals surface area contributed by atoms with E-state index in [0.29, 0.717) is 11.3 Å². The van der Waals surface area contributed by atoms with E-state index in [4.69, 9.17) is 4.74 Å². The zero-order valence-electron chi connectivity index (χ0n) is 14.5. The molecule has 0 radical (unpaired) electrons. The number of amides is 2. The van der Waals surface area contributed by atoms with E-state index in [-0.39, 0.29) is 12.6 Å². The Balaban J connectivity index is 1.92. The quantitative estimate of drug-likeness (QED) is 0.552. The van der Waals surface area contributed by atoms with Gasteiger partial charge in [-0.15, -0.1) is 0 Å². The number of rotatable bonds is 4. The molecule has 0 unspecified atom stereocenters. The number of benzene rings is 2. The van der Waals surface area contributed by atoms with E-state index in [2.05, 4.69) is 27.9 Å². The molecule has 5 nitrogen and oxygen atoms in total. The zero-order chi connectivity index (χ0) is 18.7. The SMILES string of the molecule is CC1=C(C(=O)OCc2ccccc2)[C@@H](c2ccccc2I)NC(=O)N1C. The van der Waals surface area contributed by atoms with Crippen molar-refractivity contribution >= 4 is 34.6 Å². The molecule has 1 heterocycles. The van der Waals surface area contributed by atoms with E-state index >= 15 is 0 Å². The summed E-state index contributed by atoms with van der Waals surface area (Å²) in [5.41, 5.74) is 2.84. The van der Waals surface area contributed by atoms with Crippen LogP contribution in [0.4, 0.5) is 4.79 Å². The smallest absolute Gasteiger partial charge is 0.338 e. The van der Waals surface area contributed by atoms with Crippen molar-refractivity contribution < 1.29 is 14.3 Å². The van der Waals surface area contributed by atoms with Crippen LogP contribution in [0, 0.1) is 3.57 Å². The van der Waals surface area contributed by atoms with Crippen molar-refractivity contribution in [3.63, 3.8) is 0 Å². The lowest BCUT2D eigenvalue weighted by atomic mass is 9.95. The van der Waals surface area contributed by atoms with E-state index in [9.17, 15) is 9.59 Å². The topological polar surface area (TPSA) is 58.6 Å². The molecule has 6 heteroatoms. The van der Waals surface area contributed by atoms with E-state index < -0.39 is 12.0 Å². The highest BCUT2D eigenvalue weighted by Crippen LogP contribution is 2.33. The van der Waals surface area contributed by atoms with Crippen LogP contribution >= 0.6 is 22.6 Å². The maximum atomic E-state index is 12.9. The summed E-state index contributed by atoms with van der Waals surface area (Å²) < 4.78 is 6.51. The van der Waals surface area contributed by atoms with Crippen molar-refractivity contribution in [1.82, 2.24) is 10.2 Å². The molecule has 0 aliphatic carbocycles. The summed E-state index contributed by atoms with van der Waals surface area (Å²) in [5, 5.41) is 2.91. The number of halogens is 1. The predicted octanol–water partition coefficient (Wildman–Crippen LogP) is 4.00. The van der Waals surface area contributed by atoms with Crippen LogP contribution in [0.5, 0.6) is 0 Å². The van der Waals surface area contributed by atoms with Crippen LogP contribution in [0.25, 0.3) is 0 Å². The first-order chi connectivity index (χ1) is 12.5. The molecule has 1 aliphatic rings. The Morgan fingerprint density at radius 1 is 1.15 bits per heavy atom. The Hall–Kier alpha value is -2.35. The third kappa shape index (κ3) is 3.75. The van der Waals surface area contributed by atoms with Crippen LogP contribution in [0.3, 0.4) is 0 Å². The van der Waals surface area contributed by atoms with Crippen LogP contribution in [0.1, 0.15) is 24.1 Å². The molecule has 134 valence electrons. The number of carbonyl (C=O) groups excluding carboxylic acids is 2. The molecule has 1 N–H and O–H groups in total. The molecule has 0 fully saturated rings. The van der Waals surface area contributed by atoms with E-state index in [1.807, 2.05) is 54.6 Å². The minimum Gasteiger partial charge on any atom is -0.457 e. The van der Waals surface area contributed by atoms with Crippen LogP contribution in [-0.4, -0.2) is 23.9 Å². The fourth-order valence-corrected chi connectivity index (χ4v) is 3.54. The molecule has 0 spiro atoms. The van der Waals surface area contributed by atoms with Gasteiger partial charge in [-0.3, -0.25) is 0 Å². The van der Waals surface area contributed by atoms with Gasteiger partial charge in [0.15, 0.2) is 0 Å². The number of hydrogen-bond acceptors (Lipinski definition) is 3. The number of urea groups is 1. The summed E-state index contributed by atoms with van der Waals surface area (Å²) in [6.45, 7) is 1.95. The summed E-state index contributed by atoms with van der Waals surface area (Å²) in [4.78, 5) is 26.6. The second-order valence-corrected chi connectivity index (χ2v) is 7.19. The molecule has 2 aromatic rings. The van der Waals surface area contributed by atoms with Crippen LogP contribution in [0.2, 0.25) is 0 Å². The lowest BCUT2D eigenvalue weighted by molar-refractivity contribution is -0.141. The number of nitrogens with one attached hydrogen (secondary N) is 1. The second-order valence-electron chi connectivity index (χ2n) is 6.02. The van der Waals surface area contributed by atoms with Gasteiger partial charge < -0.3 is 15.0 Å². The monoisotopic (exact) mass is 462 g/mol. The Morgan fingerprint density at radius 2 is 1.81 bits per heavy atom. The molecule has 3 rings (SSSR count). The molecule has 26 heavy (non-hydrogen) atoms. The lowest BCUT2D eigenvalue weighted by Gasteiger charge is -2.33. The molecule has 0 saturated carbocycles. The normalized spacial score (nSPS) is 17.1. The third-order valence-electron chi connectivity index (χ3n) is 4.40. The fourth-order valence-electron chi connectivity index (χ4n) is 2.84. The number of hydrogen-bond donors (Lipinski definition) is 1.